The van der Waals surface area contributed by atoms with Gasteiger partial charge < -0.3 is 10.1 Å². The molecular weight excluding hydrogens is 330 g/mol. The maximum absolute atomic E-state index is 12.6. The first-order valence-corrected chi connectivity index (χ1v) is 8.53. The van der Waals surface area contributed by atoms with Gasteiger partial charge in [0.1, 0.15) is 5.75 Å². The minimum atomic E-state index is -0.133. The first-order chi connectivity index (χ1) is 12.7. The van der Waals surface area contributed by atoms with E-state index in [4.69, 9.17) is 4.74 Å². The molecule has 4 rings (SSSR count). The van der Waals surface area contributed by atoms with Crippen molar-refractivity contribution in [2.24, 2.45) is 0 Å². The predicted molar refractivity (Wildman–Crippen MR) is 96.3 cm³/mol. The zero-order chi connectivity index (χ0) is 17.9. The van der Waals surface area contributed by atoms with Crippen LogP contribution in [0.4, 0.5) is 5.69 Å². The highest BCUT2D eigenvalue weighted by Crippen LogP contribution is 2.44. The second-order valence-electron chi connectivity index (χ2n) is 6.39. The molecule has 1 saturated carbocycles. The molecule has 2 aromatic carbocycles. The number of aromatic nitrogens is 4. The van der Waals surface area contributed by atoms with Crippen LogP contribution in [-0.4, -0.2) is 33.6 Å². The maximum Gasteiger partial charge on any atom is 0.255 e. The molecule has 1 aliphatic carbocycles. The van der Waals surface area contributed by atoms with Crippen molar-refractivity contribution in [3.8, 4) is 5.75 Å². The Balaban J connectivity index is 1.50. The summed E-state index contributed by atoms with van der Waals surface area (Å²) in [6.45, 7) is 0. The molecule has 1 aliphatic rings. The number of nitrogens with zero attached hydrogens (tertiary/aromatic N) is 3. The van der Waals surface area contributed by atoms with E-state index in [1.165, 1.54) is 0 Å². The summed E-state index contributed by atoms with van der Waals surface area (Å²) in [5.41, 5.74) is 3.49. The van der Waals surface area contributed by atoms with Gasteiger partial charge in [-0.15, -0.1) is 10.2 Å². The predicted octanol–water partition coefficient (Wildman–Crippen LogP) is 2.93. The second kappa shape index (κ2) is 6.95. The first-order valence-electron chi connectivity index (χ1n) is 8.53. The van der Waals surface area contributed by atoms with Crippen molar-refractivity contribution in [3.63, 3.8) is 0 Å². The van der Waals surface area contributed by atoms with Gasteiger partial charge >= 0.3 is 0 Å². The summed E-state index contributed by atoms with van der Waals surface area (Å²) < 4.78 is 5.41. The normalized spacial score (nSPS) is 13.4. The summed E-state index contributed by atoms with van der Waals surface area (Å²) in [5.74, 6) is 1.84. The number of aromatic amines is 1. The monoisotopic (exact) mass is 349 g/mol. The highest BCUT2D eigenvalue weighted by atomic mass is 16.5. The topological polar surface area (TPSA) is 92.8 Å². The third-order valence-corrected chi connectivity index (χ3v) is 4.45. The molecular formula is C19H19N5O2. The van der Waals surface area contributed by atoms with E-state index in [1.807, 2.05) is 36.4 Å². The number of nitrogens with one attached hydrogen (secondary N) is 2. The number of hydrogen-bond donors (Lipinski definition) is 2. The van der Waals surface area contributed by atoms with E-state index >= 15 is 0 Å². The van der Waals surface area contributed by atoms with Crippen LogP contribution < -0.4 is 10.1 Å². The number of hydrogen-bond acceptors (Lipinski definition) is 5. The largest absolute Gasteiger partial charge is 0.496 e. The number of anilines is 1. The minimum Gasteiger partial charge on any atom is -0.496 e. The van der Waals surface area contributed by atoms with Crippen molar-refractivity contribution < 1.29 is 9.53 Å². The van der Waals surface area contributed by atoms with E-state index in [-0.39, 0.29) is 5.91 Å². The Bertz CT molecular complexity index is 919. The van der Waals surface area contributed by atoms with Gasteiger partial charge in [0.05, 0.1) is 7.11 Å². The Morgan fingerprint density at radius 3 is 2.88 bits per heavy atom. The number of ether oxygens (including phenoxy) is 1. The highest BCUT2D eigenvalue weighted by molar-refractivity contribution is 6.04. The van der Waals surface area contributed by atoms with Crippen LogP contribution in [0.1, 0.15) is 46.1 Å². The van der Waals surface area contributed by atoms with E-state index in [9.17, 15) is 4.79 Å². The molecule has 0 aliphatic heterocycles. The van der Waals surface area contributed by atoms with E-state index in [1.54, 1.807) is 13.2 Å². The van der Waals surface area contributed by atoms with Crippen molar-refractivity contribution in [2.45, 2.75) is 25.2 Å². The number of amides is 1. The van der Waals surface area contributed by atoms with E-state index < -0.39 is 0 Å². The maximum atomic E-state index is 12.6. The quantitative estimate of drug-likeness (QED) is 0.714. The Labute approximate surface area is 150 Å². The van der Waals surface area contributed by atoms with Crippen molar-refractivity contribution in [1.29, 1.82) is 0 Å². The van der Waals surface area contributed by atoms with Gasteiger partial charge in [-0.2, -0.15) is 5.21 Å². The Kier molecular flexibility index (Phi) is 4.35. The molecule has 0 spiro atoms. The lowest BCUT2D eigenvalue weighted by atomic mass is 10.0. The zero-order valence-electron chi connectivity index (χ0n) is 14.4. The molecule has 1 heterocycles. The lowest BCUT2D eigenvalue weighted by Crippen LogP contribution is -2.12. The SMILES string of the molecule is COc1ccc(C(=O)Nc2cccc(Cc3nn[nH]n3)c2)cc1C1CC1. The van der Waals surface area contributed by atoms with Gasteiger partial charge in [-0.1, -0.05) is 17.3 Å². The van der Waals surface area contributed by atoms with Crippen LogP contribution in [0.5, 0.6) is 5.75 Å². The molecule has 7 nitrogen and oxygen atoms in total. The summed E-state index contributed by atoms with van der Waals surface area (Å²) in [6, 6.07) is 13.2. The molecule has 2 N–H and O–H groups in total. The summed E-state index contributed by atoms with van der Waals surface area (Å²) >= 11 is 0. The number of tetrazole rings is 1. The fraction of sp³-hybridized carbons (Fsp3) is 0.263. The number of benzene rings is 2. The van der Waals surface area contributed by atoms with Gasteiger partial charge in [-0.3, -0.25) is 4.79 Å². The molecule has 1 fully saturated rings. The fourth-order valence-corrected chi connectivity index (χ4v) is 2.99. The van der Waals surface area contributed by atoms with Crippen LogP contribution in [0, 0.1) is 0 Å². The van der Waals surface area contributed by atoms with Gasteiger partial charge in [0.25, 0.3) is 5.91 Å². The fourth-order valence-electron chi connectivity index (χ4n) is 2.99. The molecule has 1 aromatic heterocycles. The van der Waals surface area contributed by atoms with Gasteiger partial charge in [0.2, 0.25) is 0 Å². The number of H-pyrrole nitrogens is 1. The second-order valence-corrected chi connectivity index (χ2v) is 6.39. The van der Waals surface area contributed by atoms with E-state index in [0.29, 0.717) is 23.7 Å². The lowest BCUT2D eigenvalue weighted by molar-refractivity contribution is 0.102. The average Bonchev–Trinajstić information content (AvgIpc) is 3.39. The Morgan fingerprint density at radius 1 is 1.27 bits per heavy atom. The molecule has 0 saturated heterocycles. The molecule has 0 atom stereocenters. The van der Waals surface area contributed by atoms with Gasteiger partial charge in [0, 0.05) is 17.7 Å². The van der Waals surface area contributed by atoms with Crippen molar-refractivity contribution >= 4 is 11.6 Å². The van der Waals surface area contributed by atoms with Crippen molar-refractivity contribution in [1.82, 2.24) is 20.6 Å². The number of carbonyl (C=O) groups is 1. The van der Waals surface area contributed by atoms with E-state index in [0.717, 1.165) is 35.4 Å². The van der Waals surface area contributed by atoms with Crippen LogP contribution in [0.3, 0.4) is 0 Å². The summed E-state index contributed by atoms with van der Waals surface area (Å²) in [6.07, 6.45) is 2.85. The Hall–Kier alpha value is -3.22. The third-order valence-electron chi connectivity index (χ3n) is 4.45. The van der Waals surface area contributed by atoms with Crippen molar-refractivity contribution in [2.75, 3.05) is 12.4 Å². The Morgan fingerprint density at radius 2 is 2.15 bits per heavy atom. The number of methoxy groups -OCH3 is 1. The number of rotatable bonds is 6. The molecule has 0 unspecified atom stereocenters. The minimum absolute atomic E-state index is 0.133. The first kappa shape index (κ1) is 16.3. The smallest absolute Gasteiger partial charge is 0.255 e. The van der Waals surface area contributed by atoms with Crippen LogP contribution in [0.15, 0.2) is 42.5 Å². The van der Waals surface area contributed by atoms with Crippen LogP contribution in [-0.2, 0) is 6.42 Å². The highest BCUT2D eigenvalue weighted by Gasteiger charge is 2.27. The average molecular weight is 349 g/mol. The summed E-state index contributed by atoms with van der Waals surface area (Å²) in [7, 11) is 1.66. The van der Waals surface area contributed by atoms with Gasteiger partial charge in [-0.05, 0) is 60.2 Å². The van der Waals surface area contributed by atoms with Gasteiger partial charge in [-0.25, -0.2) is 0 Å². The molecule has 26 heavy (non-hydrogen) atoms. The van der Waals surface area contributed by atoms with Crippen LogP contribution >= 0.6 is 0 Å². The lowest BCUT2D eigenvalue weighted by Gasteiger charge is -2.11. The van der Waals surface area contributed by atoms with Crippen LogP contribution in [0.2, 0.25) is 0 Å². The molecule has 1 amide bonds. The van der Waals surface area contributed by atoms with Crippen molar-refractivity contribution in [3.05, 3.63) is 65.0 Å². The molecule has 0 bridgehead atoms. The van der Waals surface area contributed by atoms with E-state index in [2.05, 4.69) is 25.9 Å². The summed E-state index contributed by atoms with van der Waals surface area (Å²) in [5, 5.41) is 16.9. The van der Waals surface area contributed by atoms with Gasteiger partial charge in [0.15, 0.2) is 5.82 Å². The molecule has 7 heteroatoms. The van der Waals surface area contributed by atoms with Crippen LogP contribution in [0.25, 0.3) is 0 Å². The molecule has 0 radical (unpaired) electrons. The number of carbonyl (C=O) groups excluding carboxylic acids is 1. The molecule has 3 aromatic rings. The third kappa shape index (κ3) is 3.56. The standard InChI is InChI=1S/C19H19N5O2/c1-26-17-8-7-14(11-16(17)13-5-6-13)19(25)20-15-4-2-3-12(9-15)10-18-21-23-24-22-18/h2-4,7-9,11,13H,5-6,10H2,1H3,(H,20,25)(H,21,22,23,24). The summed E-state index contributed by atoms with van der Waals surface area (Å²) in [4.78, 5) is 12.6. The molecule has 132 valence electrons. The zero-order valence-corrected chi connectivity index (χ0v) is 14.4.